The fourth-order valence-electron chi connectivity index (χ4n) is 2.48. The SMILES string of the molecule is [Cl-].c1ccc(COc2ccc[n+]3c2CCCC3)cc1. The zero-order chi connectivity index (χ0) is 12.2. The first-order valence-corrected chi connectivity index (χ1v) is 6.61. The lowest BCUT2D eigenvalue weighted by molar-refractivity contribution is -0.709. The molecule has 0 radical (unpaired) electrons. The fraction of sp³-hybridized carbons (Fsp3) is 0.312. The topological polar surface area (TPSA) is 13.1 Å². The third kappa shape index (κ3) is 3.27. The highest BCUT2D eigenvalue weighted by atomic mass is 35.5. The van der Waals surface area contributed by atoms with Gasteiger partial charge in [-0.2, -0.15) is 4.57 Å². The molecule has 100 valence electrons. The number of hydrogen-bond donors (Lipinski definition) is 0. The van der Waals surface area contributed by atoms with Gasteiger partial charge in [0.05, 0.1) is 0 Å². The lowest BCUT2D eigenvalue weighted by Crippen LogP contribution is -3.00. The smallest absolute Gasteiger partial charge is 0.223 e. The van der Waals surface area contributed by atoms with Crippen molar-refractivity contribution in [1.82, 2.24) is 0 Å². The highest BCUT2D eigenvalue weighted by Crippen LogP contribution is 2.20. The number of nitrogens with zero attached hydrogens (tertiary/aromatic N) is 1. The van der Waals surface area contributed by atoms with Crippen molar-refractivity contribution in [2.75, 3.05) is 0 Å². The molecular formula is C16H18ClNO. The quantitative estimate of drug-likeness (QED) is 0.713. The molecule has 0 N–H and O–H groups in total. The second kappa shape index (κ2) is 6.58. The van der Waals surface area contributed by atoms with Crippen LogP contribution in [0.1, 0.15) is 24.1 Å². The van der Waals surface area contributed by atoms with Crippen molar-refractivity contribution >= 4 is 0 Å². The van der Waals surface area contributed by atoms with Crippen molar-refractivity contribution in [2.45, 2.75) is 32.4 Å². The lowest BCUT2D eigenvalue weighted by Gasteiger charge is -2.14. The molecular weight excluding hydrogens is 258 g/mol. The van der Waals surface area contributed by atoms with E-state index in [9.17, 15) is 0 Å². The molecule has 3 heteroatoms. The number of rotatable bonds is 3. The normalized spacial score (nSPS) is 13.3. The Balaban J connectivity index is 0.00000133. The molecule has 0 saturated carbocycles. The molecule has 1 aliphatic rings. The molecule has 0 fully saturated rings. The molecule has 3 rings (SSSR count). The summed E-state index contributed by atoms with van der Waals surface area (Å²) in [5, 5.41) is 0. The van der Waals surface area contributed by atoms with Gasteiger partial charge in [-0.3, -0.25) is 0 Å². The molecule has 0 saturated heterocycles. The molecule has 0 amide bonds. The van der Waals surface area contributed by atoms with Gasteiger partial charge in [0.25, 0.3) is 0 Å². The summed E-state index contributed by atoms with van der Waals surface area (Å²) in [5.41, 5.74) is 2.57. The fourth-order valence-corrected chi connectivity index (χ4v) is 2.48. The maximum Gasteiger partial charge on any atom is 0.223 e. The minimum atomic E-state index is 0. The predicted octanol–water partition coefficient (Wildman–Crippen LogP) is -0.107. The van der Waals surface area contributed by atoms with Gasteiger partial charge in [0.1, 0.15) is 13.2 Å². The Labute approximate surface area is 120 Å². The Morgan fingerprint density at radius 3 is 2.68 bits per heavy atom. The summed E-state index contributed by atoms with van der Waals surface area (Å²) in [6.45, 7) is 1.77. The third-order valence-corrected chi connectivity index (χ3v) is 3.44. The Kier molecular flexibility index (Phi) is 4.80. The molecule has 0 spiro atoms. The average molecular weight is 276 g/mol. The zero-order valence-electron chi connectivity index (χ0n) is 10.9. The maximum atomic E-state index is 5.97. The van der Waals surface area contributed by atoms with E-state index in [-0.39, 0.29) is 12.4 Å². The Morgan fingerprint density at radius 2 is 1.84 bits per heavy atom. The molecule has 1 aromatic carbocycles. The molecule has 2 nitrogen and oxygen atoms in total. The second-order valence-corrected chi connectivity index (χ2v) is 4.74. The van der Waals surface area contributed by atoms with Crippen LogP contribution in [0.25, 0.3) is 0 Å². The van der Waals surface area contributed by atoms with Crippen molar-refractivity contribution < 1.29 is 21.7 Å². The number of pyridine rings is 1. The number of halogens is 1. The number of aromatic nitrogens is 1. The standard InChI is InChI=1S/C16H18NO.ClH/c1-2-7-14(8-3-1)13-18-16-10-6-12-17-11-5-4-9-15(16)17;/h1-3,6-8,10,12H,4-5,9,11,13H2;1H/q+1;/p-1. The van der Waals surface area contributed by atoms with E-state index < -0.39 is 0 Å². The molecule has 1 aromatic heterocycles. The van der Waals surface area contributed by atoms with Crippen molar-refractivity contribution in [3.05, 3.63) is 59.9 Å². The van der Waals surface area contributed by atoms with Gasteiger partial charge in [-0.15, -0.1) is 0 Å². The number of ether oxygens (including phenoxy) is 1. The summed E-state index contributed by atoms with van der Waals surface area (Å²) in [6, 6.07) is 14.5. The lowest BCUT2D eigenvalue weighted by atomic mass is 10.1. The minimum Gasteiger partial charge on any atom is -1.00 e. The van der Waals surface area contributed by atoms with Gasteiger partial charge in [0.2, 0.25) is 5.69 Å². The summed E-state index contributed by atoms with van der Waals surface area (Å²) in [6.07, 6.45) is 5.83. The van der Waals surface area contributed by atoms with E-state index in [0.717, 1.165) is 18.7 Å². The molecule has 1 aliphatic heterocycles. The highest BCUT2D eigenvalue weighted by Gasteiger charge is 2.20. The summed E-state index contributed by atoms with van der Waals surface area (Å²) in [7, 11) is 0. The molecule has 0 aliphatic carbocycles. The summed E-state index contributed by atoms with van der Waals surface area (Å²) in [5.74, 6) is 1.04. The van der Waals surface area contributed by atoms with E-state index in [0.29, 0.717) is 6.61 Å². The average Bonchev–Trinajstić information content (AvgIpc) is 2.46. The zero-order valence-corrected chi connectivity index (χ0v) is 11.6. The number of hydrogen-bond acceptors (Lipinski definition) is 1. The molecule has 0 unspecified atom stereocenters. The Bertz CT molecular complexity index is 528. The summed E-state index contributed by atoms with van der Waals surface area (Å²) < 4.78 is 8.29. The Morgan fingerprint density at radius 1 is 1.00 bits per heavy atom. The summed E-state index contributed by atoms with van der Waals surface area (Å²) >= 11 is 0. The van der Waals surface area contributed by atoms with Crippen LogP contribution in [0.3, 0.4) is 0 Å². The van der Waals surface area contributed by atoms with E-state index in [1.54, 1.807) is 0 Å². The predicted molar refractivity (Wildman–Crippen MR) is 70.3 cm³/mol. The van der Waals surface area contributed by atoms with Crippen LogP contribution < -0.4 is 21.7 Å². The van der Waals surface area contributed by atoms with E-state index in [2.05, 4.69) is 35.0 Å². The maximum absolute atomic E-state index is 5.97. The number of fused-ring (bicyclic) bond motifs is 1. The van der Waals surface area contributed by atoms with Crippen molar-refractivity contribution in [3.63, 3.8) is 0 Å². The van der Waals surface area contributed by atoms with Gasteiger partial charge >= 0.3 is 0 Å². The molecule has 2 aromatic rings. The van der Waals surface area contributed by atoms with Crippen LogP contribution in [-0.4, -0.2) is 0 Å². The number of benzene rings is 1. The first kappa shape index (κ1) is 13.9. The van der Waals surface area contributed by atoms with Gasteiger partial charge in [0, 0.05) is 18.9 Å². The van der Waals surface area contributed by atoms with Crippen LogP contribution in [0.15, 0.2) is 48.7 Å². The van der Waals surface area contributed by atoms with E-state index in [1.807, 2.05) is 18.2 Å². The molecule has 0 bridgehead atoms. The van der Waals surface area contributed by atoms with Crippen molar-refractivity contribution in [2.24, 2.45) is 0 Å². The van der Waals surface area contributed by atoms with Crippen LogP contribution in [0.4, 0.5) is 0 Å². The first-order chi connectivity index (χ1) is 8.93. The second-order valence-electron chi connectivity index (χ2n) is 4.74. The summed E-state index contributed by atoms with van der Waals surface area (Å²) in [4.78, 5) is 0. The van der Waals surface area contributed by atoms with Crippen LogP contribution >= 0.6 is 0 Å². The van der Waals surface area contributed by atoms with Gasteiger partial charge in [-0.1, -0.05) is 30.3 Å². The van der Waals surface area contributed by atoms with Gasteiger partial charge in [0.15, 0.2) is 11.9 Å². The van der Waals surface area contributed by atoms with Crippen LogP contribution in [0.5, 0.6) is 5.75 Å². The van der Waals surface area contributed by atoms with Crippen LogP contribution in [0, 0.1) is 0 Å². The monoisotopic (exact) mass is 275 g/mol. The van der Waals surface area contributed by atoms with E-state index >= 15 is 0 Å². The van der Waals surface area contributed by atoms with Gasteiger partial charge in [-0.05, 0) is 18.1 Å². The molecule has 19 heavy (non-hydrogen) atoms. The molecule has 0 atom stereocenters. The third-order valence-electron chi connectivity index (χ3n) is 3.44. The first-order valence-electron chi connectivity index (χ1n) is 6.61. The molecule has 2 heterocycles. The number of aryl methyl sites for hydroxylation is 1. The van der Waals surface area contributed by atoms with E-state index in [1.165, 1.54) is 24.1 Å². The largest absolute Gasteiger partial charge is 1.00 e. The Hall–Kier alpha value is -1.54. The minimum absolute atomic E-state index is 0. The van der Waals surface area contributed by atoms with E-state index in [4.69, 9.17) is 4.74 Å². The van der Waals surface area contributed by atoms with Crippen molar-refractivity contribution in [1.29, 1.82) is 0 Å². The van der Waals surface area contributed by atoms with Crippen LogP contribution in [-0.2, 0) is 19.6 Å². The van der Waals surface area contributed by atoms with Gasteiger partial charge in [-0.25, -0.2) is 0 Å². The van der Waals surface area contributed by atoms with Crippen molar-refractivity contribution in [3.8, 4) is 5.75 Å². The van der Waals surface area contributed by atoms with Gasteiger partial charge < -0.3 is 17.1 Å². The van der Waals surface area contributed by atoms with Crippen LogP contribution in [0.2, 0.25) is 0 Å². The highest BCUT2D eigenvalue weighted by molar-refractivity contribution is 5.24.